The second-order valence-electron chi connectivity index (χ2n) is 4.32. The zero-order valence-electron chi connectivity index (χ0n) is 10.4. The van der Waals surface area contributed by atoms with Crippen LogP contribution >= 0.6 is 0 Å². The van der Waals surface area contributed by atoms with Crippen molar-refractivity contribution in [3.05, 3.63) is 35.4 Å². The number of benzene rings is 1. The maximum atomic E-state index is 12.1. The summed E-state index contributed by atoms with van der Waals surface area (Å²) < 4.78 is 12.1. The molecule has 2 nitrogen and oxygen atoms in total. The van der Waals surface area contributed by atoms with E-state index in [1.807, 2.05) is 26.0 Å². The van der Waals surface area contributed by atoms with Crippen molar-refractivity contribution in [1.29, 1.82) is 0 Å². The van der Waals surface area contributed by atoms with Crippen LogP contribution in [0.15, 0.2) is 23.6 Å². The molecule has 0 aliphatic rings. The lowest BCUT2D eigenvalue weighted by atomic mass is 9.97. The summed E-state index contributed by atoms with van der Waals surface area (Å²) in [4.78, 5) is 0.666. The average molecular weight is 270 g/mol. The first-order chi connectivity index (χ1) is 7.77. The van der Waals surface area contributed by atoms with E-state index in [4.69, 9.17) is 16.3 Å². The van der Waals surface area contributed by atoms with Crippen molar-refractivity contribution < 1.29 is 9.32 Å². The highest BCUT2D eigenvalue weighted by Crippen LogP contribution is 2.27. The molecule has 94 valence electrons. The molecule has 0 aromatic heterocycles. The molecule has 0 bridgehead atoms. The molecule has 0 heterocycles. The largest absolute Gasteiger partial charge is 0.396 e. The SMILES string of the molecule is C=C(C)c1cc(C)cc(S(C)(=O)=S)c1CCO. The number of rotatable bonds is 4. The maximum Gasteiger partial charge on any atom is 0.0563 e. The van der Waals surface area contributed by atoms with Crippen molar-refractivity contribution in [2.75, 3.05) is 12.9 Å². The Labute approximate surface area is 108 Å². The summed E-state index contributed by atoms with van der Waals surface area (Å²) >= 11 is 5.08. The second-order valence-corrected chi connectivity index (χ2v) is 8.21. The van der Waals surface area contributed by atoms with Gasteiger partial charge in [0.2, 0.25) is 0 Å². The molecule has 1 aromatic rings. The summed E-state index contributed by atoms with van der Waals surface area (Å²) in [6, 6.07) is 3.85. The van der Waals surface area contributed by atoms with Crippen LogP contribution in [0.25, 0.3) is 5.57 Å². The predicted molar refractivity (Wildman–Crippen MR) is 76.4 cm³/mol. The van der Waals surface area contributed by atoms with Gasteiger partial charge >= 0.3 is 0 Å². The minimum Gasteiger partial charge on any atom is -0.396 e. The number of hydrogen-bond donors (Lipinski definition) is 1. The predicted octanol–water partition coefficient (Wildman–Crippen LogP) is 2.30. The highest BCUT2D eigenvalue weighted by molar-refractivity contribution is 8.32. The Balaban J connectivity index is 3.63. The molecule has 1 unspecified atom stereocenters. The van der Waals surface area contributed by atoms with Gasteiger partial charge < -0.3 is 5.11 Å². The van der Waals surface area contributed by atoms with Gasteiger partial charge in [-0.3, -0.25) is 4.21 Å². The Morgan fingerprint density at radius 1 is 1.53 bits per heavy atom. The Hall–Kier alpha value is -0.710. The van der Waals surface area contributed by atoms with Crippen LogP contribution in [0.4, 0.5) is 0 Å². The van der Waals surface area contributed by atoms with Gasteiger partial charge in [-0.2, -0.15) is 0 Å². The molecular weight excluding hydrogens is 252 g/mol. The van der Waals surface area contributed by atoms with Crippen molar-refractivity contribution in [3.8, 4) is 0 Å². The van der Waals surface area contributed by atoms with E-state index < -0.39 is 8.49 Å². The van der Waals surface area contributed by atoms with Gasteiger partial charge in [0.05, 0.1) is 8.49 Å². The number of aliphatic hydroxyl groups excluding tert-OH is 1. The van der Waals surface area contributed by atoms with Gasteiger partial charge in [-0.05, 0) is 54.2 Å². The van der Waals surface area contributed by atoms with Crippen LogP contribution in [0.2, 0.25) is 0 Å². The third kappa shape index (κ3) is 3.37. The second kappa shape index (κ2) is 5.29. The van der Waals surface area contributed by atoms with Crippen LogP contribution in [0, 0.1) is 6.92 Å². The molecule has 0 aliphatic heterocycles. The Morgan fingerprint density at radius 3 is 2.53 bits per heavy atom. The number of allylic oxidation sites excluding steroid dienone is 1. The maximum absolute atomic E-state index is 12.1. The topological polar surface area (TPSA) is 37.3 Å². The summed E-state index contributed by atoms with van der Waals surface area (Å²) in [5.74, 6) is 0. The first kappa shape index (κ1) is 14.4. The van der Waals surface area contributed by atoms with Gasteiger partial charge in [-0.15, -0.1) is 0 Å². The van der Waals surface area contributed by atoms with E-state index in [0.717, 1.165) is 22.3 Å². The molecule has 0 fully saturated rings. The van der Waals surface area contributed by atoms with Gasteiger partial charge in [-0.25, -0.2) is 0 Å². The van der Waals surface area contributed by atoms with Gasteiger partial charge in [-0.1, -0.05) is 18.2 Å². The molecule has 4 heteroatoms. The van der Waals surface area contributed by atoms with Crippen molar-refractivity contribution >= 4 is 25.3 Å². The van der Waals surface area contributed by atoms with Gasteiger partial charge in [0, 0.05) is 17.8 Å². The zero-order chi connectivity index (χ0) is 13.2. The average Bonchev–Trinajstić information content (AvgIpc) is 2.18. The summed E-state index contributed by atoms with van der Waals surface area (Å²) in [5, 5.41) is 9.13. The van der Waals surface area contributed by atoms with Gasteiger partial charge in [0.25, 0.3) is 0 Å². The molecule has 1 rings (SSSR count). The number of hydrogen-bond acceptors (Lipinski definition) is 3. The molecule has 0 amide bonds. The van der Waals surface area contributed by atoms with E-state index in [-0.39, 0.29) is 6.61 Å². The van der Waals surface area contributed by atoms with Gasteiger partial charge in [0.15, 0.2) is 0 Å². The molecule has 1 atom stereocenters. The van der Waals surface area contributed by atoms with Crippen LogP contribution in [0.5, 0.6) is 0 Å². The van der Waals surface area contributed by atoms with E-state index >= 15 is 0 Å². The monoisotopic (exact) mass is 270 g/mol. The van der Waals surface area contributed by atoms with Crippen LogP contribution in [0.1, 0.15) is 23.6 Å². The van der Waals surface area contributed by atoms with Crippen molar-refractivity contribution in [3.63, 3.8) is 0 Å². The summed E-state index contributed by atoms with van der Waals surface area (Å²) in [6.07, 6.45) is 2.01. The minimum absolute atomic E-state index is 0.0151. The quantitative estimate of drug-likeness (QED) is 0.912. The molecule has 0 saturated carbocycles. The lowest BCUT2D eigenvalue weighted by molar-refractivity contribution is 0.298. The molecule has 17 heavy (non-hydrogen) atoms. The Kier molecular flexibility index (Phi) is 4.47. The first-order valence-electron chi connectivity index (χ1n) is 5.37. The number of aryl methyl sites for hydroxylation is 1. The smallest absolute Gasteiger partial charge is 0.0563 e. The van der Waals surface area contributed by atoms with Crippen LogP contribution in [0.3, 0.4) is 0 Å². The number of aliphatic hydroxyl groups is 1. The third-order valence-electron chi connectivity index (χ3n) is 2.57. The van der Waals surface area contributed by atoms with Gasteiger partial charge in [0.1, 0.15) is 0 Å². The van der Waals surface area contributed by atoms with Crippen molar-refractivity contribution in [2.45, 2.75) is 25.2 Å². The van der Waals surface area contributed by atoms with E-state index in [0.29, 0.717) is 11.3 Å². The molecule has 0 spiro atoms. The molecular formula is C13H18O2S2. The first-order valence-corrected chi connectivity index (χ1v) is 8.27. The van der Waals surface area contributed by atoms with Crippen LogP contribution < -0.4 is 0 Å². The molecule has 0 radical (unpaired) electrons. The summed E-state index contributed by atoms with van der Waals surface area (Å²) in [6.45, 7) is 7.79. The van der Waals surface area contributed by atoms with Crippen LogP contribution in [-0.4, -0.2) is 22.2 Å². The Morgan fingerprint density at radius 2 is 2.12 bits per heavy atom. The fourth-order valence-corrected chi connectivity index (χ4v) is 3.37. The van der Waals surface area contributed by atoms with E-state index in [1.54, 1.807) is 6.26 Å². The lowest BCUT2D eigenvalue weighted by Crippen LogP contribution is -2.07. The van der Waals surface area contributed by atoms with Crippen molar-refractivity contribution in [1.82, 2.24) is 0 Å². The van der Waals surface area contributed by atoms with E-state index in [2.05, 4.69) is 6.58 Å². The normalized spacial score (nSPS) is 14.4. The zero-order valence-corrected chi connectivity index (χ0v) is 12.1. The third-order valence-corrected chi connectivity index (χ3v) is 4.28. The summed E-state index contributed by atoms with van der Waals surface area (Å²) in [7, 11) is -2.45. The summed E-state index contributed by atoms with van der Waals surface area (Å²) in [5.41, 5.74) is 3.73. The fourth-order valence-electron chi connectivity index (χ4n) is 1.86. The lowest BCUT2D eigenvalue weighted by Gasteiger charge is -2.16. The molecule has 0 aliphatic carbocycles. The van der Waals surface area contributed by atoms with Crippen molar-refractivity contribution in [2.24, 2.45) is 0 Å². The minimum atomic E-state index is -2.45. The molecule has 1 N–H and O–H groups in total. The molecule has 0 saturated heterocycles. The standard InChI is InChI=1S/C13H18O2S2/c1-9(2)12-7-10(3)8-13(17(4,15)16)11(12)5-6-14/h7-8,14H,1,5-6H2,2-4H3. The highest BCUT2D eigenvalue weighted by Gasteiger charge is 2.15. The molecule has 1 aromatic carbocycles. The van der Waals surface area contributed by atoms with E-state index in [1.165, 1.54) is 0 Å². The highest BCUT2D eigenvalue weighted by atomic mass is 32.8. The van der Waals surface area contributed by atoms with E-state index in [9.17, 15) is 4.21 Å². The van der Waals surface area contributed by atoms with Crippen LogP contribution in [-0.2, 0) is 26.1 Å². The Bertz CT molecular complexity index is 543. The fraction of sp³-hybridized carbons (Fsp3) is 0.385.